The summed E-state index contributed by atoms with van der Waals surface area (Å²) in [6.07, 6.45) is -0.971. The topological polar surface area (TPSA) is 40.9 Å². The van der Waals surface area contributed by atoms with Gasteiger partial charge in [-0.25, -0.2) is 5.01 Å². The Morgan fingerprint density at radius 3 is 2.48 bits per heavy atom. The maximum atomic E-state index is 12.6. The molecule has 0 spiro atoms. The molecule has 108 valence electrons. The Morgan fingerprint density at radius 1 is 1.10 bits per heavy atom. The molecule has 1 aliphatic heterocycles. The van der Waals surface area contributed by atoms with Crippen LogP contribution < -0.4 is 5.01 Å². The van der Waals surface area contributed by atoms with Gasteiger partial charge in [-0.15, -0.1) is 0 Å². The molecule has 3 rings (SSSR count). The second-order valence-electron chi connectivity index (χ2n) is 4.60. The third-order valence-electron chi connectivity index (χ3n) is 3.24. The Bertz CT molecular complexity index is 638. The largest absolute Gasteiger partial charge is 0.416 e. The van der Waals surface area contributed by atoms with Crippen LogP contribution in [0.25, 0.3) is 0 Å². The summed E-state index contributed by atoms with van der Waals surface area (Å²) >= 11 is 0. The van der Waals surface area contributed by atoms with Gasteiger partial charge in [0.25, 0.3) is 0 Å². The highest BCUT2D eigenvalue weighted by Gasteiger charge is 2.31. The van der Waals surface area contributed by atoms with E-state index in [0.29, 0.717) is 12.2 Å². The van der Waals surface area contributed by atoms with Gasteiger partial charge < -0.3 is 0 Å². The van der Waals surface area contributed by atoms with E-state index in [1.165, 1.54) is 12.1 Å². The monoisotopic (exact) mass is 292 g/mol. The van der Waals surface area contributed by atoms with E-state index in [0.717, 1.165) is 17.7 Å². The molecule has 0 N–H and O–H groups in total. The quantitative estimate of drug-likeness (QED) is 0.838. The summed E-state index contributed by atoms with van der Waals surface area (Å²) in [5, 5.41) is 9.58. The van der Waals surface area contributed by atoms with Crippen molar-refractivity contribution in [2.24, 2.45) is 10.3 Å². The maximum absolute atomic E-state index is 12.6. The fourth-order valence-corrected chi connectivity index (χ4v) is 2.18. The number of rotatable bonds is 2. The highest BCUT2D eigenvalue weighted by molar-refractivity contribution is 5.50. The summed E-state index contributed by atoms with van der Waals surface area (Å²) in [5.41, 5.74) is 0.806. The number of halogens is 3. The number of hydrogen-bond donors (Lipinski definition) is 0. The lowest BCUT2D eigenvalue weighted by atomic mass is 10.1. The summed E-state index contributed by atoms with van der Waals surface area (Å²) in [7, 11) is 0. The second kappa shape index (κ2) is 5.16. The van der Waals surface area contributed by atoms with Gasteiger partial charge in [0, 0.05) is 12.4 Å². The van der Waals surface area contributed by atoms with Crippen molar-refractivity contribution in [1.82, 2.24) is 4.98 Å². The zero-order valence-corrected chi connectivity index (χ0v) is 10.8. The minimum absolute atomic E-state index is 0.143. The predicted molar refractivity (Wildman–Crippen MR) is 70.6 cm³/mol. The van der Waals surface area contributed by atoms with E-state index in [-0.39, 0.29) is 6.04 Å². The molecule has 2 aromatic rings. The average molecular weight is 292 g/mol. The third-order valence-corrected chi connectivity index (χ3v) is 3.24. The number of aromatic nitrogens is 1. The van der Waals surface area contributed by atoms with Crippen LogP contribution in [0.5, 0.6) is 0 Å². The smallest absolute Gasteiger partial charge is 0.264 e. The van der Waals surface area contributed by atoms with Gasteiger partial charge in [-0.3, -0.25) is 4.98 Å². The van der Waals surface area contributed by atoms with Gasteiger partial charge in [0.05, 0.1) is 17.8 Å². The number of hydrogen-bond acceptors (Lipinski definition) is 4. The van der Waals surface area contributed by atoms with Crippen LogP contribution in [0.4, 0.5) is 18.9 Å². The molecule has 1 unspecified atom stereocenters. The first-order chi connectivity index (χ1) is 10.1. The van der Waals surface area contributed by atoms with Crippen LogP contribution in [-0.4, -0.2) is 11.5 Å². The van der Waals surface area contributed by atoms with Gasteiger partial charge in [0.15, 0.2) is 0 Å². The molecule has 1 atom stereocenters. The van der Waals surface area contributed by atoms with E-state index in [2.05, 4.69) is 15.3 Å². The van der Waals surface area contributed by atoms with Crippen LogP contribution in [0.15, 0.2) is 59.1 Å². The van der Waals surface area contributed by atoms with Crippen molar-refractivity contribution in [3.63, 3.8) is 0 Å². The van der Waals surface area contributed by atoms with E-state index >= 15 is 0 Å². The highest BCUT2D eigenvalue weighted by atomic mass is 19.4. The first-order valence-corrected chi connectivity index (χ1v) is 6.29. The molecular formula is C14H11F3N4. The van der Waals surface area contributed by atoms with Crippen LogP contribution in [0.2, 0.25) is 0 Å². The van der Waals surface area contributed by atoms with Crippen molar-refractivity contribution in [3.05, 3.63) is 59.9 Å². The Kier molecular flexibility index (Phi) is 3.32. The molecule has 0 saturated heterocycles. The van der Waals surface area contributed by atoms with Gasteiger partial charge in [0.1, 0.15) is 6.04 Å². The number of pyridine rings is 1. The molecule has 1 aliphatic rings. The lowest BCUT2D eigenvalue weighted by Crippen LogP contribution is -2.20. The molecule has 21 heavy (non-hydrogen) atoms. The summed E-state index contributed by atoms with van der Waals surface area (Å²) in [6.45, 7) is 0.451. The summed E-state index contributed by atoms with van der Waals surface area (Å²) < 4.78 is 37.7. The molecule has 0 amide bonds. The number of anilines is 1. The molecule has 4 nitrogen and oxygen atoms in total. The van der Waals surface area contributed by atoms with Crippen molar-refractivity contribution in [2.75, 3.05) is 11.6 Å². The van der Waals surface area contributed by atoms with Gasteiger partial charge in [-0.2, -0.15) is 18.3 Å². The predicted octanol–water partition coefficient (Wildman–Crippen LogP) is 4.03. The number of nitrogens with zero attached hydrogens (tertiary/aromatic N) is 4. The molecule has 0 radical (unpaired) electrons. The SMILES string of the molecule is FC(F)(F)c1ccc(N2N=NCC2c2cccnc2)cc1. The van der Waals surface area contributed by atoms with Gasteiger partial charge in [0.2, 0.25) is 0 Å². The molecule has 0 saturated carbocycles. The number of alkyl halides is 3. The van der Waals surface area contributed by atoms with Crippen LogP contribution in [-0.2, 0) is 6.18 Å². The Balaban J connectivity index is 1.87. The Morgan fingerprint density at radius 2 is 1.86 bits per heavy atom. The Labute approximate surface area is 118 Å². The van der Waals surface area contributed by atoms with Crippen LogP contribution in [0.3, 0.4) is 0 Å². The lowest BCUT2D eigenvalue weighted by molar-refractivity contribution is -0.137. The van der Waals surface area contributed by atoms with Crippen LogP contribution >= 0.6 is 0 Å². The minimum Gasteiger partial charge on any atom is -0.264 e. The summed E-state index contributed by atoms with van der Waals surface area (Å²) in [6, 6.07) is 8.44. The van der Waals surface area contributed by atoms with Crippen molar-refractivity contribution in [1.29, 1.82) is 0 Å². The van der Waals surface area contributed by atoms with E-state index in [9.17, 15) is 13.2 Å². The number of benzene rings is 1. The van der Waals surface area contributed by atoms with E-state index in [1.54, 1.807) is 23.5 Å². The van der Waals surface area contributed by atoms with Crippen molar-refractivity contribution >= 4 is 5.69 Å². The third kappa shape index (κ3) is 2.72. The van der Waals surface area contributed by atoms with E-state index in [1.807, 2.05) is 6.07 Å². The van der Waals surface area contributed by atoms with Gasteiger partial charge >= 0.3 is 6.18 Å². The first-order valence-electron chi connectivity index (χ1n) is 6.29. The fourth-order valence-electron chi connectivity index (χ4n) is 2.18. The molecular weight excluding hydrogens is 281 g/mol. The van der Waals surface area contributed by atoms with Gasteiger partial charge in [-0.05, 0) is 35.9 Å². The maximum Gasteiger partial charge on any atom is 0.416 e. The molecule has 7 heteroatoms. The van der Waals surface area contributed by atoms with Crippen molar-refractivity contribution in [2.45, 2.75) is 12.2 Å². The first kappa shape index (κ1) is 13.5. The molecule has 0 fully saturated rings. The van der Waals surface area contributed by atoms with E-state index < -0.39 is 11.7 Å². The minimum atomic E-state index is -4.34. The normalized spacial score (nSPS) is 18.2. The van der Waals surface area contributed by atoms with E-state index in [4.69, 9.17) is 0 Å². The molecule has 1 aromatic heterocycles. The van der Waals surface area contributed by atoms with Crippen LogP contribution in [0, 0.1) is 0 Å². The lowest BCUT2D eigenvalue weighted by Gasteiger charge is -2.22. The van der Waals surface area contributed by atoms with Crippen molar-refractivity contribution in [3.8, 4) is 0 Å². The molecule has 0 bridgehead atoms. The van der Waals surface area contributed by atoms with Crippen LogP contribution in [0.1, 0.15) is 17.2 Å². The van der Waals surface area contributed by atoms with Crippen molar-refractivity contribution < 1.29 is 13.2 Å². The van der Waals surface area contributed by atoms with Gasteiger partial charge in [-0.1, -0.05) is 11.3 Å². The summed E-state index contributed by atoms with van der Waals surface area (Å²) in [5.74, 6) is 0. The average Bonchev–Trinajstić information content (AvgIpc) is 2.97. The molecule has 0 aliphatic carbocycles. The zero-order valence-electron chi connectivity index (χ0n) is 10.8. The molecule has 2 heterocycles. The standard InChI is InChI=1S/C14H11F3N4/c15-14(16,17)11-3-5-12(6-4-11)21-13(9-19-20-21)10-2-1-7-18-8-10/h1-8,13H,9H2. The molecule has 1 aromatic carbocycles. The fraction of sp³-hybridized carbons (Fsp3) is 0.214. The zero-order chi connectivity index (χ0) is 14.9. The summed E-state index contributed by atoms with van der Waals surface area (Å²) in [4.78, 5) is 4.05. The Hall–Kier alpha value is -2.44. The second-order valence-corrected chi connectivity index (χ2v) is 4.60. The highest BCUT2D eigenvalue weighted by Crippen LogP contribution is 2.34.